The lowest BCUT2D eigenvalue weighted by Gasteiger charge is -2.12. The number of rotatable bonds is 6. The van der Waals surface area contributed by atoms with Crippen molar-refractivity contribution in [2.75, 3.05) is 5.75 Å². The molecule has 12 heavy (non-hydrogen) atoms. The van der Waals surface area contributed by atoms with Crippen LogP contribution in [0.15, 0.2) is 0 Å². The SMILES string of the molecule is CCC(C)CSC(C)CC(C)=O. The van der Waals surface area contributed by atoms with Crippen molar-refractivity contribution in [2.45, 2.75) is 45.8 Å². The van der Waals surface area contributed by atoms with Crippen molar-refractivity contribution >= 4 is 17.5 Å². The van der Waals surface area contributed by atoms with Gasteiger partial charge >= 0.3 is 0 Å². The van der Waals surface area contributed by atoms with E-state index in [1.54, 1.807) is 6.92 Å². The Bertz CT molecular complexity index is 134. The van der Waals surface area contributed by atoms with Gasteiger partial charge in [0.25, 0.3) is 0 Å². The number of thioether (sulfide) groups is 1. The Morgan fingerprint density at radius 2 is 2.00 bits per heavy atom. The molecule has 0 bridgehead atoms. The first-order valence-electron chi connectivity index (χ1n) is 4.67. The van der Waals surface area contributed by atoms with Crippen LogP contribution in [0.2, 0.25) is 0 Å². The Morgan fingerprint density at radius 1 is 1.42 bits per heavy atom. The van der Waals surface area contributed by atoms with Crippen LogP contribution < -0.4 is 0 Å². The van der Waals surface area contributed by atoms with Crippen LogP contribution in [0.4, 0.5) is 0 Å². The van der Waals surface area contributed by atoms with Gasteiger partial charge in [0.2, 0.25) is 0 Å². The molecule has 0 aliphatic carbocycles. The molecule has 2 heteroatoms. The number of Topliss-reactive ketones (excluding diaryl/α,β-unsaturated/α-hetero) is 1. The fraction of sp³-hybridized carbons (Fsp3) is 0.900. The van der Waals surface area contributed by atoms with Crippen LogP contribution in [0, 0.1) is 5.92 Å². The fourth-order valence-corrected chi connectivity index (χ4v) is 2.16. The molecule has 0 spiro atoms. The number of ketones is 1. The highest BCUT2D eigenvalue weighted by Crippen LogP contribution is 2.19. The van der Waals surface area contributed by atoms with Gasteiger partial charge in [-0.2, -0.15) is 11.8 Å². The molecule has 0 fully saturated rings. The van der Waals surface area contributed by atoms with E-state index in [1.165, 1.54) is 12.2 Å². The molecule has 2 unspecified atom stereocenters. The van der Waals surface area contributed by atoms with Gasteiger partial charge in [-0.1, -0.05) is 27.2 Å². The zero-order chi connectivity index (χ0) is 9.56. The van der Waals surface area contributed by atoms with Crippen LogP contribution >= 0.6 is 11.8 Å². The van der Waals surface area contributed by atoms with Gasteiger partial charge in [0.05, 0.1) is 0 Å². The minimum Gasteiger partial charge on any atom is -0.300 e. The molecule has 72 valence electrons. The highest BCUT2D eigenvalue weighted by molar-refractivity contribution is 7.99. The molecule has 0 aliphatic rings. The number of hydrogen-bond acceptors (Lipinski definition) is 2. The average Bonchev–Trinajstić information content (AvgIpc) is 1.99. The van der Waals surface area contributed by atoms with Crippen LogP contribution in [0.5, 0.6) is 0 Å². The first-order chi connectivity index (χ1) is 5.56. The van der Waals surface area contributed by atoms with Gasteiger partial charge in [0, 0.05) is 11.7 Å². The van der Waals surface area contributed by atoms with Gasteiger partial charge in [-0.15, -0.1) is 0 Å². The lowest BCUT2D eigenvalue weighted by atomic mass is 10.2. The molecular formula is C10H20OS. The normalized spacial score (nSPS) is 15.7. The molecule has 0 N–H and O–H groups in total. The summed E-state index contributed by atoms with van der Waals surface area (Å²) in [5, 5.41) is 0.497. The molecule has 2 atom stereocenters. The van der Waals surface area contributed by atoms with E-state index in [4.69, 9.17) is 0 Å². The third-order valence-corrected chi connectivity index (χ3v) is 3.43. The van der Waals surface area contributed by atoms with Crippen LogP contribution in [0.1, 0.15) is 40.5 Å². The Morgan fingerprint density at radius 3 is 2.42 bits per heavy atom. The highest BCUT2D eigenvalue weighted by Gasteiger charge is 2.07. The van der Waals surface area contributed by atoms with Gasteiger partial charge in [-0.3, -0.25) is 4.79 Å². The molecule has 0 saturated heterocycles. The van der Waals surface area contributed by atoms with Crippen molar-refractivity contribution in [1.29, 1.82) is 0 Å². The maximum atomic E-state index is 10.8. The van der Waals surface area contributed by atoms with Crippen molar-refractivity contribution in [1.82, 2.24) is 0 Å². The summed E-state index contributed by atoms with van der Waals surface area (Å²) in [5.74, 6) is 2.27. The van der Waals surface area contributed by atoms with Crippen molar-refractivity contribution in [3.63, 3.8) is 0 Å². The summed E-state index contributed by atoms with van der Waals surface area (Å²) in [7, 11) is 0. The summed E-state index contributed by atoms with van der Waals surface area (Å²) < 4.78 is 0. The molecule has 0 amide bonds. The molecule has 0 heterocycles. The van der Waals surface area contributed by atoms with E-state index in [0.29, 0.717) is 11.0 Å². The van der Waals surface area contributed by atoms with Crippen LogP contribution in [-0.2, 0) is 4.79 Å². The maximum absolute atomic E-state index is 10.8. The smallest absolute Gasteiger partial charge is 0.130 e. The second-order valence-electron chi connectivity index (χ2n) is 3.56. The molecule has 0 rings (SSSR count). The Kier molecular flexibility index (Phi) is 6.54. The maximum Gasteiger partial charge on any atom is 0.130 e. The van der Waals surface area contributed by atoms with E-state index >= 15 is 0 Å². The quantitative estimate of drug-likeness (QED) is 0.637. The van der Waals surface area contributed by atoms with Crippen molar-refractivity contribution < 1.29 is 4.79 Å². The minimum atomic E-state index is 0.305. The zero-order valence-electron chi connectivity index (χ0n) is 8.59. The van der Waals surface area contributed by atoms with E-state index in [1.807, 2.05) is 11.8 Å². The molecular weight excluding hydrogens is 168 g/mol. The molecule has 0 aromatic rings. The van der Waals surface area contributed by atoms with Crippen molar-refractivity contribution in [3.05, 3.63) is 0 Å². The van der Waals surface area contributed by atoms with E-state index in [0.717, 1.165) is 12.3 Å². The predicted molar refractivity (Wildman–Crippen MR) is 56.7 cm³/mol. The Labute approximate surface area is 80.3 Å². The zero-order valence-corrected chi connectivity index (χ0v) is 9.41. The first-order valence-corrected chi connectivity index (χ1v) is 5.72. The van der Waals surface area contributed by atoms with Crippen molar-refractivity contribution in [2.24, 2.45) is 5.92 Å². The topological polar surface area (TPSA) is 17.1 Å². The van der Waals surface area contributed by atoms with Gasteiger partial charge in [-0.25, -0.2) is 0 Å². The van der Waals surface area contributed by atoms with Gasteiger partial charge < -0.3 is 0 Å². The third kappa shape index (κ3) is 6.71. The number of carbonyl (C=O) groups excluding carboxylic acids is 1. The highest BCUT2D eigenvalue weighted by atomic mass is 32.2. The number of hydrogen-bond donors (Lipinski definition) is 0. The Balaban J connectivity index is 3.43. The summed E-state index contributed by atoms with van der Waals surface area (Å²) in [6.07, 6.45) is 1.96. The average molecular weight is 188 g/mol. The second kappa shape index (κ2) is 6.53. The van der Waals surface area contributed by atoms with E-state index in [2.05, 4.69) is 20.8 Å². The summed E-state index contributed by atoms with van der Waals surface area (Å²) in [6.45, 7) is 8.27. The Hall–Kier alpha value is 0.0200. The summed E-state index contributed by atoms with van der Waals surface area (Å²) >= 11 is 1.92. The van der Waals surface area contributed by atoms with Gasteiger partial charge in [0.15, 0.2) is 0 Å². The van der Waals surface area contributed by atoms with Gasteiger partial charge in [-0.05, 0) is 18.6 Å². The molecule has 1 nitrogen and oxygen atoms in total. The molecule has 0 aliphatic heterocycles. The van der Waals surface area contributed by atoms with Crippen LogP contribution in [0.3, 0.4) is 0 Å². The lowest BCUT2D eigenvalue weighted by molar-refractivity contribution is -0.116. The predicted octanol–water partition coefficient (Wildman–Crippen LogP) is 3.13. The summed E-state index contributed by atoms with van der Waals surface area (Å²) in [4.78, 5) is 10.8. The van der Waals surface area contributed by atoms with E-state index in [-0.39, 0.29) is 0 Å². The summed E-state index contributed by atoms with van der Waals surface area (Å²) in [5.41, 5.74) is 0. The van der Waals surface area contributed by atoms with E-state index < -0.39 is 0 Å². The summed E-state index contributed by atoms with van der Waals surface area (Å²) in [6, 6.07) is 0. The first kappa shape index (κ1) is 12.0. The standard InChI is InChI=1S/C10H20OS/c1-5-8(2)7-12-10(4)6-9(3)11/h8,10H,5-7H2,1-4H3. The van der Waals surface area contributed by atoms with Gasteiger partial charge in [0.1, 0.15) is 5.78 Å². The molecule has 0 aromatic heterocycles. The molecule has 0 aromatic carbocycles. The van der Waals surface area contributed by atoms with Crippen molar-refractivity contribution in [3.8, 4) is 0 Å². The largest absolute Gasteiger partial charge is 0.300 e. The number of carbonyl (C=O) groups is 1. The minimum absolute atomic E-state index is 0.305. The monoisotopic (exact) mass is 188 g/mol. The molecule has 0 radical (unpaired) electrons. The van der Waals surface area contributed by atoms with E-state index in [9.17, 15) is 4.79 Å². The lowest BCUT2D eigenvalue weighted by Crippen LogP contribution is -2.06. The fourth-order valence-electron chi connectivity index (χ4n) is 0.910. The second-order valence-corrected chi connectivity index (χ2v) is 5.03. The van der Waals surface area contributed by atoms with Crippen LogP contribution in [0.25, 0.3) is 0 Å². The van der Waals surface area contributed by atoms with Crippen LogP contribution in [-0.4, -0.2) is 16.8 Å². The molecule has 0 saturated carbocycles. The third-order valence-electron chi connectivity index (χ3n) is 1.94.